The lowest BCUT2D eigenvalue weighted by Crippen LogP contribution is -1.97. The first-order chi connectivity index (χ1) is 4.88. The highest BCUT2D eigenvalue weighted by Crippen LogP contribution is 2.01. The molecule has 0 aromatic carbocycles. The minimum atomic E-state index is 0.733. The van der Waals surface area contributed by atoms with Crippen LogP contribution < -0.4 is 0 Å². The van der Waals surface area contributed by atoms with Gasteiger partial charge in [-0.2, -0.15) is 0 Å². The summed E-state index contributed by atoms with van der Waals surface area (Å²) >= 11 is 0. The van der Waals surface area contributed by atoms with Crippen molar-refractivity contribution in [2.24, 2.45) is 0 Å². The maximum atomic E-state index is 4.17. The summed E-state index contributed by atoms with van der Waals surface area (Å²) in [7, 11) is 0. The summed E-state index contributed by atoms with van der Waals surface area (Å²) in [4.78, 5) is 8.31. The van der Waals surface area contributed by atoms with Crippen LogP contribution in [-0.4, -0.2) is 9.97 Å². The third kappa shape index (κ3) is 1.32. The molecule has 0 bridgehead atoms. The zero-order valence-electron chi connectivity index (χ0n) is 6.17. The van der Waals surface area contributed by atoms with Crippen molar-refractivity contribution in [2.45, 2.75) is 19.8 Å². The van der Waals surface area contributed by atoms with Gasteiger partial charge in [-0.05, 0) is 19.8 Å². The van der Waals surface area contributed by atoms with Gasteiger partial charge in [0.1, 0.15) is 0 Å². The molecule has 0 spiro atoms. The minimum absolute atomic E-state index is 0.733. The van der Waals surface area contributed by atoms with Crippen molar-refractivity contribution in [3.05, 3.63) is 30.7 Å². The summed E-state index contributed by atoms with van der Waals surface area (Å²) < 4.78 is 0. The Bertz CT molecular complexity index is 185. The van der Waals surface area contributed by atoms with Gasteiger partial charge in [-0.3, -0.25) is 9.97 Å². The highest BCUT2D eigenvalue weighted by molar-refractivity contribution is 5.10. The second-order valence-electron chi connectivity index (χ2n) is 2.05. The van der Waals surface area contributed by atoms with E-state index in [4.69, 9.17) is 0 Å². The van der Waals surface area contributed by atoms with Gasteiger partial charge in [0.15, 0.2) is 0 Å². The molecular formula is C8H11N2. The zero-order chi connectivity index (χ0) is 7.40. The third-order valence-electron chi connectivity index (χ3n) is 1.43. The first kappa shape index (κ1) is 7.19. The maximum Gasteiger partial charge on any atom is 0.0618 e. The minimum Gasteiger partial charge on any atom is -0.258 e. The normalized spacial score (nSPS) is 9.80. The smallest absolute Gasteiger partial charge is 0.0618 e. The third-order valence-corrected chi connectivity index (χ3v) is 1.43. The molecule has 0 fully saturated rings. The molecule has 53 valence electrons. The molecular weight excluding hydrogens is 124 g/mol. The Hall–Kier alpha value is -0.920. The van der Waals surface area contributed by atoms with E-state index in [1.54, 1.807) is 12.4 Å². The number of aryl methyl sites for hydroxylation is 1. The predicted molar refractivity (Wildman–Crippen MR) is 40.5 cm³/mol. The Balaban J connectivity index is 2.96. The van der Waals surface area contributed by atoms with Gasteiger partial charge in [0.05, 0.1) is 11.4 Å². The first-order valence-corrected chi connectivity index (χ1v) is 3.46. The van der Waals surface area contributed by atoms with Crippen molar-refractivity contribution in [3.8, 4) is 0 Å². The quantitative estimate of drug-likeness (QED) is 0.612. The molecule has 1 heterocycles. The van der Waals surface area contributed by atoms with E-state index in [2.05, 4.69) is 23.8 Å². The van der Waals surface area contributed by atoms with E-state index in [1.807, 2.05) is 0 Å². The number of aromatic nitrogens is 2. The van der Waals surface area contributed by atoms with E-state index in [-0.39, 0.29) is 0 Å². The van der Waals surface area contributed by atoms with Crippen molar-refractivity contribution in [3.63, 3.8) is 0 Å². The van der Waals surface area contributed by atoms with Crippen LogP contribution in [0.25, 0.3) is 0 Å². The van der Waals surface area contributed by atoms with Crippen LogP contribution in [0.15, 0.2) is 12.4 Å². The highest BCUT2D eigenvalue weighted by atomic mass is 14.8. The van der Waals surface area contributed by atoms with Crippen molar-refractivity contribution in [2.75, 3.05) is 0 Å². The maximum absolute atomic E-state index is 4.17. The Morgan fingerprint density at radius 2 is 1.90 bits per heavy atom. The van der Waals surface area contributed by atoms with Crippen molar-refractivity contribution in [1.82, 2.24) is 9.97 Å². The average Bonchev–Trinajstić information content (AvgIpc) is 2.04. The molecule has 0 aliphatic heterocycles. The fraction of sp³-hybridized carbons (Fsp3) is 0.375. The van der Waals surface area contributed by atoms with E-state index in [0.29, 0.717) is 0 Å². The Kier molecular flexibility index (Phi) is 2.37. The summed E-state index contributed by atoms with van der Waals surface area (Å²) in [6.45, 7) is 5.83. The molecule has 1 aromatic heterocycles. The summed E-state index contributed by atoms with van der Waals surface area (Å²) in [6.07, 6.45) is 5.10. The number of nitrogens with zero attached hydrogens (tertiary/aromatic N) is 2. The van der Waals surface area contributed by atoms with Crippen LogP contribution in [0.4, 0.5) is 0 Å². The van der Waals surface area contributed by atoms with E-state index >= 15 is 0 Å². The van der Waals surface area contributed by atoms with Gasteiger partial charge in [0.25, 0.3) is 0 Å². The van der Waals surface area contributed by atoms with Gasteiger partial charge in [0, 0.05) is 12.4 Å². The molecule has 1 aromatic rings. The monoisotopic (exact) mass is 135 g/mol. The number of hydrogen-bond acceptors (Lipinski definition) is 2. The zero-order valence-corrected chi connectivity index (χ0v) is 6.17. The average molecular weight is 135 g/mol. The fourth-order valence-electron chi connectivity index (χ4n) is 0.900. The summed E-state index contributed by atoms with van der Waals surface area (Å²) in [6, 6.07) is 0. The molecule has 0 amide bonds. The lowest BCUT2D eigenvalue weighted by atomic mass is 10.2. The van der Waals surface area contributed by atoms with Crippen LogP contribution >= 0.6 is 0 Å². The van der Waals surface area contributed by atoms with Gasteiger partial charge >= 0.3 is 0 Å². The molecule has 0 unspecified atom stereocenters. The van der Waals surface area contributed by atoms with Gasteiger partial charge in [-0.25, -0.2) is 0 Å². The van der Waals surface area contributed by atoms with Crippen molar-refractivity contribution < 1.29 is 0 Å². The number of rotatable bonds is 2. The first-order valence-electron chi connectivity index (χ1n) is 3.46. The van der Waals surface area contributed by atoms with Crippen LogP contribution in [0.3, 0.4) is 0 Å². The van der Waals surface area contributed by atoms with Gasteiger partial charge in [-0.15, -0.1) is 0 Å². The summed E-state index contributed by atoms with van der Waals surface area (Å²) in [5, 5.41) is 0. The molecule has 2 nitrogen and oxygen atoms in total. The molecule has 0 atom stereocenters. The molecule has 1 rings (SSSR count). The molecule has 0 aliphatic carbocycles. The Labute approximate surface area is 61.3 Å². The van der Waals surface area contributed by atoms with Crippen LogP contribution in [0.2, 0.25) is 0 Å². The van der Waals surface area contributed by atoms with Crippen LogP contribution in [0.5, 0.6) is 0 Å². The molecule has 0 N–H and O–H groups in total. The molecule has 2 heteroatoms. The van der Waals surface area contributed by atoms with Crippen molar-refractivity contribution in [1.29, 1.82) is 0 Å². The number of hydrogen-bond donors (Lipinski definition) is 0. The molecule has 0 saturated carbocycles. The summed E-state index contributed by atoms with van der Waals surface area (Å²) in [5.41, 5.74) is 2.09. The van der Waals surface area contributed by atoms with E-state index < -0.39 is 0 Å². The molecule has 0 saturated heterocycles. The molecule has 10 heavy (non-hydrogen) atoms. The van der Waals surface area contributed by atoms with E-state index in [0.717, 1.165) is 24.2 Å². The Morgan fingerprint density at radius 1 is 1.30 bits per heavy atom. The standard InChI is InChI=1S/C8H11N2/c1-3-7-8(4-2)10-6-5-9-7/h5-6H,1,3-4H2,2H3. The van der Waals surface area contributed by atoms with E-state index in [1.165, 1.54) is 0 Å². The second kappa shape index (κ2) is 3.30. The van der Waals surface area contributed by atoms with Crippen LogP contribution in [-0.2, 0) is 12.8 Å². The van der Waals surface area contributed by atoms with Gasteiger partial charge in [-0.1, -0.05) is 6.92 Å². The van der Waals surface area contributed by atoms with Crippen molar-refractivity contribution >= 4 is 0 Å². The lowest BCUT2D eigenvalue weighted by molar-refractivity contribution is 0.929. The second-order valence-corrected chi connectivity index (χ2v) is 2.05. The van der Waals surface area contributed by atoms with Gasteiger partial charge in [0.2, 0.25) is 0 Å². The van der Waals surface area contributed by atoms with Gasteiger partial charge < -0.3 is 0 Å². The molecule has 0 aliphatic rings. The predicted octanol–water partition coefficient (Wildman–Crippen LogP) is 1.42. The Morgan fingerprint density at radius 3 is 2.30 bits per heavy atom. The topological polar surface area (TPSA) is 25.8 Å². The SMILES string of the molecule is [CH2]Cc1nccnc1CC. The van der Waals surface area contributed by atoms with E-state index in [9.17, 15) is 0 Å². The highest BCUT2D eigenvalue weighted by Gasteiger charge is 1.97. The fourth-order valence-corrected chi connectivity index (χ4v) is 0.900. The van der Waals surface area contributed by atoms with Crippen LogP contribution in [0.1, 0.15) is 18.3 Å². The molecule has 1 radical (unpaired) electrons. The summed E-state index contributed by atoms with van der Waals surface area (Å²) in [5.74, 6) is 0. The lowest BCUT2D eigenvalue weighted by Gasteiger charge is -1.99. The van der Waals surface area contributed by atoms with Crippen LogP contribution in [0, 0.1) is 6.92 Å². The largest absolute Gasteiger partial charge is 0.258 e.